The summed E-state index contributed by atoms with van der Waals surface area (Å²) in [7, 11) is 0. The molecule has 8 nitrogen and oxygen atoms in total. The van der Waals surface area contributed by atoms with E-state index in [1.54, 1.807) is 0 Å². The van der Waals surface area contributed by atoms with Crippen LogP contribution >= 0.6 is 0 Å². The van der Waals surface area contributed by atoms with Crippen LogP contribution in [-0.4, -0.2) is 62.5 Å². The molecule has 2 N–H and O–H groups in total. The molecule has 198 valence electrons. The summed E-state index contributed by atoms with van der Waals surface area (Å²) in [4.78, 5) is 0. The van der Waals surface area contributed by atoms with Gasteiger partial charge in [-0.3, -0.25) is 0 Å². The molecule has 2 aromatic carbocycles. The number of hydrogen-bond donors (Lipinski definition) is 2. The number of rotatable bonds is 6. The van der Waals surface area contributed by atoms with Crippen LogP contribution in [0, 0.1) is 29.1 Å². The number of halogens is 5. The van der Waals surface area contributed by atoms with Gasteiger partial charge in [0.25, 0.3) is 0 Å². The maximum absolute atomic E-state index is 14.3. The maximum atomic E-state index is 14.3. The zero-order chi connectivity index (χ0) is 26.3. The van der Waals surface area contributed by atoms with Gasteiger partial charge in [0.15, 0.2) is 34.9 Å². The third kappa shape index (κ3) is 4.61. The van der Waals surface area contributed by atoms with Crippen molar-refractivity contribution in [2.24, 2.45) is 0 Å². The first kappa shape index (κ1) is 25.7. The predicted molar refractivity (Wildman–Crippen MR) is 115 cm³/mol. The minimum Gasteiger partial charge on any atom is -0.394 e. The van der Waals surface area contributed by atoms with Gasteiger partial charge in [0.1, 0.15) is 30.0 Å². The maximum Gasteiger partial charge on any atom is 0.197 e. The van der Waals surface area contributed by atoms with Crippen molar-refractivity contribution in [3.63, 3.8) is 0 Å². The largest absolute Gasteiger partial charge is 0.394 e. The van der Waals surface area contributed by atoms with Crippen molar-refractivity contribution < 1.29 is 46.4 Å². The minimum atomic E-state index is -1.64. The fourth-order valence-corrected chi connectivity index (χ4v) is 4.77. The van der Waals surface area contributed by atoms with Gasteiger partial charge in [-0.15, -0.1) is 5.10 Å². The molecule has 1 spiro atoms. The first-order valence-corrected chi connectivity index (χ1v) is 11.5. The quantitative estimate of drug-likeness (QED) is 0.376. The van der Waals surface area contributed by atoms with Crippen molar-refractivity contribution in [2.45, 2.75) is 49.6 Å². The SMILES string of the molecule is OC[C@H]1O[C@@]2(CCCO2)[C@H](OCc2cccc(F)c2F)[C@@H](n2cc(-c3cc(F)c(F)c(F)c3)nn2)[C@H]1O. The summed E-state index contributed by atoms with van der Waals surface area (Å²) in [5.74, 6) is -8.12. The van der Waals surface area contributed by atoms with Crippen LogP contribution in [0.4, 0.5) is 22.0 Å². The molecule has 5 rings (SSSR count). The molecule has 0 bridgehead atoms. The second kappa shape index (κ2) is 10.1. The summed E-state index contributed by atoms with van der Waals surface area (Å²) in [6.07, 6.45) is -1.65. The molecule has 0 unspecified atom stereocenters. The molecule has 3 aromatic rings. The van der Waals surface area contributed by atoms with Crippen molar-refractivity contribution in [3.8, 4) is 11.3 Å². The Bertz CT molecular complexity index is 1260. The Morgan fingerprint density at radius 2 is 1.84 bits per heavy atom. The lowest BCUT2D eigenvalue weighted by atomic mass is 9.88. The van der Waals surface area contributed by atoms with Gasteiger partial charge in [-0.2, -0.15) is 0 Å². The molecule has 37 heavy (non-hydrogen) atoms. The predicted octanol–water partition coefficient (Wildman–Crippen LogP) is 3.03. The van der Waals surface area contributed by atoms with E-state index < -0.39 is 72.4 Å². The summed E-state index contributed by atoms with van der Waals surface area (Å²) in [6.45, 7) is -0.748. The number of aliphatic hydroxyl groups is 2. The highest BCUT2D eigenvalue weighted by Crippen LogP contribution is 2.45. The lowest BCUT2D eigenvalue weighted by molar-refractivity contribution is -0.348. The zero-order valence-electron chi connectivity index (χ0n) is 19.2. The number of nitrogens with zero attached hydrogens (tertiary/aromatic N) is 3. The highest BCUT2D eigenvalue weighted by atomic mass is 19.2. The van der Waals surface area contributed by atoms with Gasteiger partial charge in [0.05, 0.1) is 26.0 Å². The van der Waals surface area contributed by atoms with Crippen LogP contribution in [0.25, 0.3) is 11.3 Å². The van der Waals surface area contributed by atoms with Crippen LogP contribution in [0.3, 0.4) is 0 Å². The van der Waals surface area contributed by atoms with Crippen LogP contribution < -0.4 is 0 Å². The van der Waals surface area contributed by atoms with E-state index in [9.17, 15) is 32.2 Å². The molecule has 2 saturated heterocycles. The molecule has 0 saturated carbocycles. The van der Waals surface area contributed by atoms with Crippen LogP contribution in [-0.2, 0) is 20.8 Å². The molecule has 2 aliphatic rings. The van der Waals surface area contributed by atoms with E-state index in [4.69, 9.17) is 14.2 Å². The third-order valence-corrected chi connectivity index (χ3v) is 6.57. The topological polar surface area (TPSA) is 98.9 Å². The zero-order valence-corrected chi connectivity index (χ0v) is 19.2. The van der Waals surface area contributed by atoms with Gasteiger partial charge in [0.2, 0.25) is 0 Å². The average molecular weight is 527 g/mol. The fourth-order valence-electron chi connectivity index (χ4n) is 4.77. The molecule has 13 heteroatoms. The van der Waals surface area contributed by atoms with Crippen LogP contribution in [0.5, 0.6) is 0 Å². The van der Waals surface area contributed by atoms with E-state index in [0.717, 1.165) is 22.9 Å². The summed E-state index contributed by atoms with van der Waals surface area (Å²) in [5.41, 5.74) is -0.260. The first-order valence-electron chi connectivity index (χ1n) is 11.5. The van der Waals surface area contributed by atoms with E-state index in [-0.39, 0.29) is 23.4 Å². The molecule has 3 heterocycles. The molecule has 2 aliphatic heterocycles. The summed E-state index contributed by atoms with van der Waals surface area (Å²) in [5, 5.41) is 28.8. The van der Waals surface area contributed by atoms with Crippen molar-refractivity contribution in [2.75, 3.05) is 13.2 Å². The normalized spacial score (nSPS) is 27.8. The smallest absolute Gasteiger partial charge is 0.197 e. The van der Waals surface area contributed by atoms with E-state index >= 15 is 0 Å². The van der Waals surface area contributed by atoms with E-state index in [1.165, 1.54) is 18.3 Å². The van der Waals surface area contributed by atoms with Crippen LogP contribution in [0.1, 0.15) is 24.4 Å². The van der Waals surface area contributed by atoms with Gasteiger partial charge in [-0.25, -0.2) is 26.6 Å². The molecule has 5 atom stereocenters. The lowest BCUT2D eigenvalue weighted by Crippen LogP contribution is -2.63. The van der Waals surface area contributed by atoms with Crippen molar-refractivity contribution in [1.82, 2.24) is 15.0 Å². The number of aliphatic hydroxyl groups excluding tert-OH is 2. The number of ether oxygens (including phenoxy) is 3. The Kier molecular flexibility index (Phi) is 6.98. The van der Waals surface area contributed by atoms with E-state index in [0.29, 0.717) is 12.8 Å². The second-order valence-corrected chi connectivity index (χ2v) is 8.87. The molecule has 0 amide bonds. The lowest BCUT2D eigenvalue weighted by Gasteiger charge is -2.49. The number of benzene rings is 2. The van der Waals surface area contributed by atoms with Crippen LogP contribution in [0.15, 0.2) is 36.5 Å². The number of hydrogen-bond acceptors (Lipinski definition) is 7. The van der Waals surface area contributed by atoms with E-state index in [1.807, 2.05) is 0 Å². The molecular formula is C24H22F5N3O5. The van der Waals surface area contributed by atoms with Gasteiger partial charge in [-0.1, -0.05) is 17.3 Å². The molecule has 0 radical (unpaired) electrons. The van der Waals surface area contributed by atoms with E-state index in [2.05, 4.69) is 10.3 Å². The minimum absolute atomic E-state index is 0.0478. The van der Waals surface area contributed by atoms with Crippen molar-refractivity contribution in [3.05, 3.63) is 71.2 Å². The van der Waals surface area contributed by atoms with Crippen LogP contribution in [0.2, 0.25) is 0 Å². The number of aromatic nitrogens is 3. The Morgan fingerprint density at radius 1 is 1.08 bits per heavy atom. The average Bonchev–Trinajstić information content (AvgIpc) is 3.55. The monoisotopic (exact) mass is 527 g/mol. The van der Waals surface area contributed by atoms with Gasteiger partial charge >= 0.3 is 0 Å². The summed E-state index contributed by atoms with van der Waals surface area (Å²) < 4.78 is 87.9. The van der Waals surface area contributed by atoms with Gasteiger partial charge in [0, 0.05) is 17.5 Å². The van der Waals surface area contributed by atoms with Crippen molar-refractivity contribution >= 4 is 0 Å². The van der Waals surface area contributed by atoms with Gasteiger partial charge in [-0.05, 0) is 24.6 Å². The highest BCUT2D eigenvalue weighted by Gasteiger charge is 2.58. The molecule has 2 fully saturated rings. The standard InChI is InChI=1S/C24H22F5N3O5/c25-14-4-1-3-12(19(14)28)11-35-23-21(22(34)18(10-33)37-24(23)5-2-6-36-24)32-9-17(30-31-32)13-7-15(26)20(29)16(27)8-13/h1,3-4,7-9,18,21-23,33-34H,2,5-6,10-11H2/t18-,21+,22+,23-,24+/m1/s1. The summed E-state index contributed by atoms with van der Waals surface area (Å²) in [6, 6.07) is 3.95. The Morgan fingerprint density at radius 3 is 2.51 bits per heavy atom. The molecule has 0 aliphatic carbocycles. The Balaban J connectivity index is 1.53. The molecule has 1 aromatic heterocycles. The highest BCUT2D eigenvalue weighted by molar-refractivity contribution is 5.58. The second-order valence-electron chi connectivity index (χ2n) is 8.87. The third-order valence-electron chi connectivity index (χ3n) is 6.57. The first-order chi connectivity index (χ1) is 17.7. The van der Waals surface area contributed by atoms with Crippen molar-refractivity contribution in [1.29, 1.82) is 0 Å². The Hall–Kier alpha value is -2.97. The van der Waals surface area contributed by atoms with Gasteiger partial charge < -0.3 is 24.4 Å². The Labute approximate surface area is 207 Å². The fraction of sp³-hybridized carbons (Fsp3) is 0.417. The summed E-state index contributed by atoms with van der Waals surface area (Å²) >= 11 is 0. The molecular weight excluding hydrogens is 505 g/mol.